The number of benzene rings is 1. The number of hydrazine groups is 1. The van der Waals surface area contributed by atoms with Crippen molar-refractivity contribution in [3.05, 3.63) is 24.3 Å². The summed E-state index contributed by atoms with van der Waals surface area (Å²) in [5.74, 6) is 0. The summed E-state index contributed by atoms with van der Waals surface area (Å²) in [6, 6.07) is 6.35. The van der Waals surface area contributed by atoms with Crippen LogP contribution in [0.4, 0.5) is 24.5 Å². The second kappa shape index (κ2) is 4.19. The van der Waals surface area contributed by atoms with E-state index in [4.69, 9.17) is 5.73 Å². The largest absolute Gasteiger partial charge is 0.402 e. The number of anilines is 2. The Morgan fingerprint density at radius 2 is 1.71 bits per heavy atom. The van der Waals surface area contributed by atoms with Gasteiger partial charge in [-0.05, 0) is 24.3 Å². The lowest BCUT2D eigenvalue weighted by Gasteiger charge is -2.10. The van der Waals surface area contributed by atoms with Crippen molar-refractivity contribution in [3.8, 4) is 0 Å². The van der Waals surface area contributed by atoms with Gasteiger partial charge in [0.05, 0.1) is 0 Å². The molecule has 0 aromatic heterocycles. The highest BCUT2D eigenvalue weighted by Crippen LogP contribution is 2.13. The van der Waals surface area contributed by atoms with E-state index >= 15 is 0 Å². The Balaban J connectivity index is 2.35. The van der Waals surface area contributed by atoms with E-state index in [0.717, 1.165) is 0 Å². The van der Waals surface area contributed by atoms with Crippen molar-refractivity contribution >= 4 is 11.4 Å². The van der Waals surface area contributed by atoms with Gasteiger partial charge in [0.25, 0.3) is 0 Å². The smallest absolute Gasteiger partial charge is 0.399 e. The topological polar surface area (TPSA) is 50.1 Å². The van der Waals surface area contributed by atoms with Crippen molar-refractivity contribution < 1.29 is 13.2 Å². The Bertz CT molecular complexity index is 281. The molecule has 0 atom stereocenters. The molecular weight excluding hydrogens is 195 g/mol. The van der Waals surface area contributed by atoms with Crippen LogP contribution in [0.3, 0.4) is 0 Å². The van der Waals surface area contributed by atoms with Gasteiger partial charge in [-0.15, -0.1) is 0 Å². The van der Waals surface area contributed by atoms with Crippen LogP contribution in [-0.2, 0) is 0 Å². The van der Waals surface area contributed by atoms with Crippen molar-refractivity contribution in [2.75, 3.05) is 17.7 Å². The summed E-state index contributed by atoms with van der Waals surface area (Å²) in [5.41, 5.74) is 10.9. The van der Waals surface area contributed by atoms with Crippen LogP contribution in [0.25, 0.3) is 0 Å². The molecule has 0 radical (unpaired) electrons. The van der Waals surface area contributed by atoms with Gasteiger partial charge in [0.15, 0.2) is 0 Å². The van der Waals surface area contributed by atoms with Crippen LogP contribution in [0.15, 0.2) is 24.3 Å². The second-order valence-corrected chi connectivity index (χ2v) is 2.72. The van der Waals surface area contributed by atoms with E-state index in [2.05, 4.69) is 5.43 Å². The van der Waals surface area contributed by atoms with Gasteiger partial charge in [0.2, 0.25) is 0 Å². The first-order valence-corrected chi connectivity index (χ1v) is 3.88. The van der Waals surface area contributed by atoms with Gasteiger partial charge in [-0.3, -0.25) is 0 Å². The molecule has 0 heterocycles. The third-order valence-corrected chi connectivity index (χ3v) is 1.43. The standard InChI is InChI=1S/C8H10F3N3/c9-8(10,11)5-13-14-7-3-1-6(12)2-4-7/h1-4,13-14H,5,12H2. The minimum atomic E-state index is -4.22. The molecule has 1 aromatic carbocycles. The van der Waals surface area contributed by atoms with E-state index in [-0.39, 0.29) is 0 Å². The average molecular weight is 205 g/mol. The van der Waals surface area contributed by atoms with E-state index in [1.165, 1.54) is 0 Å². The predicted molar refractivity (Wildman–Crippen MR) is 48.5 cm³/mol. The van der Waals surface area contributed by atoms with Crippen molar-refractivity contribution in [2.24, 2.45) is 0 Å². The average Bonchev–Trinajstić information content (AvgIpc) is 2.06. The van der Waals surface area contributed by atoms with Gasteiger partial charge in [-0.25, -0.2) is 5.43 Å². The molecule has 0 saturated carbocycles. The number of halogens is 3. The Morgan fingerprint density at radius 3 is 2.21 bits per heavy atom. The van der Waals surface area contributed by atoms with Gasteiger partial charge in [-0.2, -0.15) is 13.2 Å². The molecule has 0 amide bonds. The van der Waals surface area contributed by atoms with Crippen LogP contribution in [0.1, 0.15) is 0 Å². The van der Waals surface area contributed by atoms with Crippen LogP contribution in [0, 0.1) is 0 Å². The van der Waals surface area contributed by atoms with Gasteiger partial charge >= 0.3 is 6.18 Å². The third kappa shape index (κ3) is 3.99. The molecule has 0 bridgehead atoms. The molecule has 0 aliphatic carbocycles. The molecule has 6 heteroatoms. The summed E-state index contributed by atoms with van der Waals surface area (Å²) in [7, 11) is 0. The molecule has 0 fully saturated rings. The van der Waals surface area contributed by atoms with Crippen molar-refractivity contribution in [1.82, 2.24) is 5.43 Å². The maximum Gasteiger partial charge on any atom is 0.402 e. The van der Waals surface area contributed by atoms with Gasteiger partial charge < -0.3 is 11.2 Å². The number of hydrogen-bond donors (Lipinski definition) is 3. The first kappa shape index (κ1) is 10.6. The van der Waals surface area contributed by atoms with Crippen LogP contribution < -0.4 is 16.6 Å². The molecule has 14 heavy (non-hydrogen) atoms. The zero-order chi connectivity index (χ0) is 10.6. The summed E-state index contributed by atoms with van der Waals surface area (Å²) in [6.45, 7) is -1.09. The summed E-state index contributed by atoms with van der Waals surface area (Å²) in [5, 5.41) is 0. The molecule has 3 nitrogen and oxygen atoms in total. The number of nitrogens with two attached hydrogens (primary N) is 1. The molecule has 78 valence electrons. The van der Waals surface area contributed by atoms with Crippen LogP contribution in [0.2, 0.25) is 0 Å². The second-order valence-electron chi connectivity index (χ2n) is 2.72. The Labute approximate surface area is 79.1 Å². The van der Waals surface area contributed by atoms with Crippen LogP contribution in [-0.4, -0.2) is 12.7 Å². The summed E-state index contributed by atoms with van der Waals surface area (Å²) in [6.07, 6.45) is -4.22. The maximum atomic E-state index is 11.7. The highest BCUT2D eigenvalue weighted by atomic mass is 19.4. The fourth-order valence-electron chi connectivity index (χ4n) is 0.813. The Kier molecular flexibility index (Phi) is 3.19. The van der Waals surface area contributed by atoms with E-state index in [1.54, 1.807) is 24.3 Å². The minimum Gasteiger partial charge on any atom is -0.399 e. The number of hydrogen-bond acceptors (Lipinski definition) is 3. The summed E-state index contributed by atoms with van der Waals surface area (Å²) < 4.78 is 35.1. The zero-order valence-corrected chi connectivity index (χ0v) is 7.23. The molecule has 1 rings (SSSR count). The molecule has 0 spiro atoms. The number of rotatable bonds is 3. The molecule has 0 saturated heterocycles. The molecule has 0 aliphatic heterocycles. The first-order chi connectivity index (χ1) is 6.47. The normalized spacial score (nSPS) is 11.4. The highest BCUT2D eigenvalue weighted by Gasteiger charge is 2.26. The summed E-state index contributed by atoms with van der Waals surface area (Å²) >= 11 is 0. The van der Waals surface area contributed by atoms with E-state index in [0.29, 0.717) is 11.4 Å². The Hall–Kier alpha value is -1.43. The lowest BCUT2D eigenvalue weighted by Crippen LogP contribution is -2.32. The van der Waals surface area contributed by atoms with E-state index in [9.17, 15) is 13.2 Å². The van der Waals surface area contributed by atoms with Crippen LogP contribution in [0.5, 0.6) is 0 Å². The van der Waals surface area contributed by atoms with Gasteiger partial charge in [0, 0.05) is 11.4 Å². The highest BCUT2D eigenvalue weighted by molar-refractivity contribution is 5.50. The van der Waals surface area contributed by atoms with Crippen LogP contribution >= 0.6 is 0 Å². The minimum absolute atomic E-state index is 0.531. The van der Waals surface area contributed by atoms with Crippen molar-refractivity contribution in [3.63, 3.8) is 0 Å². The predicted octanol–water partition coefficient (Wildman–Crippen LogP) is 1.75. The fraction of sp³-hybridized carbons (Fsp3) is 0.250. The molecule has 0 aliphatic rings. The lowest BCUT2D eigenvalue weighted by molar-refractivity contribution is -0.123. The van der Waals surface area contributed by atoms with E-state index in [1.807, 2.05) is 5.43 Å². The quantitative estimate of drug-likeness (QED) is 0.520. The van der Waals surface area contributed by atoms with Crippen molar-refractivity contribution in [2.45, 2.75) is 6.18 Å². The first-order valence-electron chi connectivity index (χ1n) is 3.88. The lowest BCUT2D eigenvalue weighted by atomic mass is 10.3. The monoisotopic (exact) mass is 205 g/mol. The van der Waals surface area contributed by atoms with Gasteiger partial charge in [-0.1, -0.05) is 0 Å². The fourth-order valence-corrected chi connectivity index (χ4v) is 0.813. The number of alkyl halides is 3. The van der Waals surface area contributed by atoms with Crippen molar-refractivity contribution in [1.29, 1.82) is 0 Å². The number of nitrogens with one attached hydrogen (secondary N) is 2. The summed E-state index contributed by atoms with van der Waals surface area (Å²) in [4.78, 5) is 0. The molecular formula is C8H10F3N3. The van der Waals surface area contributed by atoms with Gasteiger partial charge in [0.1, 0.15) is 6.54 Å². The zero-order valence-electron chi connectivity index (χ0n) is 7.23. The number of nitrogen functional groups attached to an aromatic ring is 1. The molecule has 0 unspecified atom stereocenters. The van der Waals surface area contributed by atoms with E-state index < -0.39 is 12.7 Å². The Morgan fingerprint density at radius 1 is 1.14 bits per heavy atom. The SMILES string of the molecule is Nc1ccc(NNCC(F)(F)F)cc1. The third-order valence-electron chi connectivity index (χ3n) is 1.43. The molecule has 1 aromatic rings. The molecule has 4 N–H and O–H groups in total. The maximum absolute atomic E-state index is 11.7.